The average Bonchev–Trinajstić information content (AvgIpc) is 2.95. The van der Waals surface area contributed by atoms with Gasteiger partial charge in [-0.3, -0.25) is 14.5 Å². The maximum absolute atomic E-state index is 14.6. The maximum Gasteiger partial charge on any atom is 0.353 e. The van der Waals surface area contributed by atoms with Gasteiger partial charge in [-0.2, -0.15) is 13.9 Å². The Bertz CT molecular complexity index is 714. The molecule has 2 aromatic rings. The third kappa shape index (κ3) is 2.83. The van der Waals surface area contributed by atoms with E-state index in [4.69, 9.17) is 0 Å². The Labute approximate surface area is 132 Å². The largest absolute Gasteiger partial charge is 0.353 e. The van der Waals surface area contributed by atoms with Gasteiger partial charge in [0.2, 0.25) is 0 Å². The number of aryl methyl sites for hydroxylation is 2. The Kier molecular flexibility index (Phi) is 4.11. The number of fused-ring (bicyclic) bond motifs is 1. The molecule has 0 spiro atoms. The highest BCUT2D eigenvalue weighted by atomic mass is 19.3. The first-order chi connectivity index (χ1) is 11.0. The molecule has 23 heavy (non-hydrogen) atoms. The summed E-state index contributed by atoms with van der Waals surface area (Å²) >= 11 is 0. The van der Waals surface area contributed by atoms with Gasteiger partial charge < -0.3 is 4.90 Å². The molecule has 0 N–H and O–H groups in total. The molecule has 3 heterocycles. The van der Waals surface area contributed by atoms with Crippen LogP contribution in [-0.2, 0) is 23.7 Å². The summed E-state index contributed by atoms with van der Waals surface area (Å²) < 4.78 is 30.7. The highest BCUT2D eigenvalue weighted by molar-refractivity contribution is 5.99. The third-order valence-corrected chi connectivity index (χ3v) is 4.04. The zero-order chi connectivity index (χ0) is 16.4. The van der Waals surface area contributed by atoms with Gasteiger partial charge in [-0.1, -0.05) is 0 Å². The zero-order valence-electron chi connectivity index (χ0n) is 12.9. The zero-order valence-corrected chi connectivity index (χ0v) is 12.9. The van der Waals surface area contributed by atoms with Crippen molar-refractivity contribution in [3.63, 3.8) is 0 Å². The molecule has 1 aliphatic rings. The second kappa shape index (κ2) is 6.06. The molecule has 0 bridgehead atoms. The molecular weight excluding hydrogens is 302 g/mol. The number of halogens is 2. The number of aromatic nitrogens is 3. The average molecular weight is 320 g/mol. The van der Waals surface area contributed by atoms with Crippen LogP contribution in [0.15, 0.2) is 30.7 Å². The monoisotopic (exact) mass is 320 g/mol. The minimum Gasteiger partial charge on any atom is -0.305 e. The van der Waals surface area contributed by atoms with E-state index in [9.17, 15) is 13.6 Å². The fraction of sp³-hybridized carbons (Fsp3) is 0.438. The van der Waals surface area contributed by atoms with Crippen molar-refractivity contribution in [2.75, 3.05) is 11.4 Å². The number of rotatable bonds is 3. The van der Waals surface area contributed by atoms with Crippen LogP contribution in [0, 0.1) is 0 Å². The van der Waals surface area contributed by atoms with E-state index in [0.29, 0.717) is 30.8 Å². The van der Waals surface area contributed by atoms with Gasteiger partial charge in [0.25, 0.3) is 0 Å². The summed E-state index contributed by atoms with van der Waals surface area (Å²) in [5.74, 6) is -4.82. The molecule has 0 unspecified atom stereocenters. The molecule has 5 nitrogen and oxygen atoms in total. The Hall–Kier alpha value is -2.31. The van der Waals surface area contributed by atoms with Crippen molar-refractivity contribution in [1.82, 2.24) is 14.8 Å². The minimum atomic E-state index is -3.61. The lowest BCUT2D eigenvalue weighted by atomic mass is 10.1. The van der Waals surface area contributed by atoms with Gasteiger partial charge in [0.15, 0.2) is 0 Å². The van der Waals surface area contributed by atoms with Gasteiger partial charge in [0.05, 0.1) is 23.1 Å². The molecular formula is C16H18F2N4O. The molecule has 0 saturated carbocycles. The van der Waals surface area contributed by atoms with Crippen LogP contribution in [0.5, 0.6) is 0 Å². The van der Waals surface area contributed by atoms with Gasteiger partial charge in [0, 0.05) is 25.5 Å². The quantitative estimate of drug-likeness (QED) is 0.874. The number of amides is 1. The lowest BCUT2D eigenvalue weighted by Gasteiger charge is -2.26. The summed E-state index contributed by atoms with van der Waals surface area (Å²) in [5.41, 5.74) is 0.801. The highest BCUT2D eigenvalue weighted by Crippen LogP contribution is 2.34. The first kappa shape index (κ1) is 15.6. The van der Waals surface area contributed by atoms with Crippen molar-refractivity contribution in [3.05, 3.63) is 42.0 Å². The number of carbonyl (C=O) groups is 1. The normalized spacial score (nSPS) is 15.2. The summed E-state index contributed by atoms with van der Waals surface area (Å²) in [4.78, 5) is 17.9. The number of hydrogen-bond acceptors (Lipinski definition) is 3. The van der Waals surface area contributed by atoms with E-state index in [1.807, 2.05) is 0 Å². The number of alkyl halides is 2. The summed E-state index contributed by atoms with van der Waals surface area (Å²) in [5, 5.41) is 3.84. The Morgan fingerprint density at radius 3 is 2.96 bits per heavy atom. The second-order valence-corrected chi connectivity index (χ2v) is 5.54. The maximum atomic E-state index is 14.6. The van der Waals surface area contributed by atoms with E-state index in [1.165, 1.54) is 15.8 Å². The number of nitrogens with zero attached hydrogens (tertiary/aromatic N) is 4. The second-order valence-electron chi connectivity index (χ2n) is 5.54. The van der Waals surface area contributed by atoms with Crippen LogP contribution >= 0.6 is 0 Å². The van der Waals surface area contributed by atoms with Crippen molar-refractivity contribution >= 4 is 11.6 Å². The van der Waals surface area contributed by atoms with Crippen LogP contribution in [0.1, 0.15) is 31.0 Å². The van der Waals surface area contributed by atoms with Gasteiger partial charge in [-0.05, 0) is 38.3 Å². The van der Waals surface area contributed by atoms with Crippen molar-refractivity contribution in [2.45, 2.75) is 38.7 Å². The molecule has 2 aromatic heterocycles. The Balaban J connectivity index is 1.95. The fourth-order valence-corrected chi connectivity index (χ4v) is 2.75. The number of hydrogen-bond donors (Lipinski definition) is 0. The predicted octanol–water partition coefficient (Wildman–Crippen LogP) is 2.76. The summed E-state index contributed by atoms with van der Waals surface area (Å²) in [6.07, 6.45) is 6.10. The molecule has 1 aliphatic heterocycles. The van der Waals surface area contributed by atoms with E-state index < -0.39 is 11.8 Å². The Morgan fingerprint density at radius 1 is 1.39 bits per heavy atom. The van der Waals surface area contributed by atoms with E-state index in [-0.39, 0.29) is 12.1 Å². The Morgan fingerprint density at radius 2 is 2.22 bits per heavy atom. The predicted molar refractivity (Wildman–Crippen MR) is 81.3 cm³/mol. The minimum absolute atomic E-state index is 0.273. The summed E-state index contributed by atoms with van der Waals surface area (Å²) in [6.45, 7) is 2.54. The number of pyridine rings is 1. The fourth-order valence-electron chi connectivity index (χ4n) is 2.75. The summed E-state index contributed by atoms with van der Waals surface area (Å²) in [7, 11) is 0. The molecule has 0 radical (unpaired) electrons. The van der Waals surface area contributed by atoms with Gasteiger partial charge in [-0.15, -0.1) is 0 Å². The SMILES string of the molecule is CCn1cc(C(F)(F)C(=O)N2CCCCc3ncccc32)cn1. The van der Waals surface area contributed by atoms with E-state index >= 15 is 0 Å². The molecule has 0 saturated heterocycles. The molecule has 0 fully saturated rings. The van der Waals surface area contributed by atoms with Crippen molar-refractivity contribution < 1.29 is 13.6 Å². The first-order valence-corrected chi connectivity index (χ1v) is 7.70. The van der Waals surface area contributed by atoms with Crippen LogP contribution < -0.4 is 4.90 Å². The molecule has 122 valence electrons. The van der Waals surface area contributed by atoms with Crippen LogP contribution in [-0.4, -0.2) is 27.2 Å². The van der Waals surface area contributed by atoms with E-state index in [2.05, 4.69) is 10.1 Å². The first-order valence-electron chi connectivity index (χ1n) is 7.70. The van der Waals surface area contributed by atoms with Gasteiger partial charge in [0.1, 0.15) is 0 Å². The van der Waals surface area contributed by atoms with Crippen molar-refractivity contribution in [1.29, 1.82) is 0 Å². The lowest BCUT2D eigenvalue weighted by molar-refractivity contribution is -0.143. The van der Waals surface area contributed by atoms with Crippen LogP contribution in [0.4, 0.5) is 14.5 Å². The van der Waals surface area contributed by atoms with Gasteiger partial charge in [-0.25, -0.2) is 0 Å². The molecule has 3 rings (SSSR count). The topological polar surface area (TPSA) is 51.0 Å². The van der Waals surface area contributed by atoms with Crippen LogP contribution in [0.2, 0.25) is 0 Å². The van der Waals surface area contributed by atoms with Crippen LogP contribution in [0.25, 0.3) is 0 Å². The summed E-state index contributed by atoms with van der Waals surface area (Å²) in [6, 6.07) is 3.34. The molecule has 1 amide bonds. The standard InChI is InChI=1S/C16H18F2N4O/c1-2-21-11-12(10-20-21)16(17,18)15(23)22-9-4-3-6-13-14(22)7-5-8-19-13/h5,7-8,10-11H,2-4,6,9H2,1H3. The van der Waals surface area contributed by atoms with Crippen molar-refractivity contribution in [3.8, 4) is 0 Å². The third-order valence-electron chi connectivity index (χ3n) is 4.04. The van der Waals surface area contributed by atoms with Crippen molar-refractivity contribution in [2.24, 2.45) is 0 Å². The highest BCUT2D eigenvalue weighted by Gasteiger charge is 2.46. The number of carbonyl (C=O) groups excluding carboxylic acids is 1. The number of anilines is 1. The van der Waals surface area contributed by atoms with Crippen LogP contribution in [0.3, 0.4) is 0 Å². The van der Waals surface area contributed by atoms with Gasteiger partial charge >= 0.3 is 11.8 Å². The lowest BCUT2D eigenvalue weighted by Crippen LogP contribution is -2.42. The molecule has 0 aliphatic carbocycles. The van der Waals surface area contributed by atoms with E-state index in [1.54, 1.807) is 25.3 Å². The molecule has 7 heteroatoms. The molecule has 0 atom stereocenters. The smallest absolute Gasteiger partial charge is 0.305 e. The van der Waals surface area contributed by atoms with E-state index in [0.717, 1.165) is 12.6 Å². The molecule has 0 aromatic carbocycles.